The van der Waals surface area contributed by atoms with E-state index in [1.807, 2.05) is 89.9 Å². The molecule has 3 heterocycles. The summed E-state index contributed by atoms with van der Waals surface area (Å²) in [4.78, 5) is 21.9. The van der Waals surface area contributed by atoms with Crippen molar-refractivity contribution < 1.29 is 12.4 Å². The van der Waals surface area contributed by atoms with Crippen LogP contribution in [-0.2, 0) is 11.3 Å². The Bertz CT molecular complexity index is 1130. The Morgan fingerprint density at radius 3 is 2.66 bits per heavy atom. The molecule has 2 aromatic carbocycles. The molecule has 0 radical (unpaired) electrons. The summed E-state index contributed by atoms with van der Waals surface area (Å²) < 4.78 is 6.05. The zero-order chi connectivity index (χ0) is 24.2. The molecule has 0 aromatic heterocycles. The molecule has 3 aliphatic heterocycles. The van der Waals surface area contributed by atoms with Gasteiger partial charge in [0.15, 0.2) is 6.17 Å². The number of hydrogen-bond donors (Lipinski definition) is 2. The molecule has 8 heteroatoms. The van der Waals surface area contributed by atoms with Gasteiger partial charge in [0.25, 0.3) is 5.91 Å². The highest BCUT2D eigenvalue weighted by molar-refractivity contribution is 5.97. The van der Waals surface area contributed by atoms with E-state index in [0.717, 1.165) is 42.9 Å². The van der Waals surface area contributed by atoms with Crippen molar-refractivity contribution in [3.63, 3.8) is 0 Å². The van der Waals surface area contributed by atoms with Crippen LogP contribution in [0.1, 0.15) is 31.6 Å². The molecular formula is C27H36N6O2. The van der Waals surface area contributed by atoms with E-state index in [1.54, 1.807) is 0 Å². The summed E-state index contributed by atoms with van der Waals surface area (Å²) >= 11 is 0. The summed E-state index contributed by atoms with van der Waals surface area (Å²) in [5.41, 5.74) is 5.92. The van der Waals surface area contributed by atoms with E-state index in [9.17, 15) is 4.79 Å². The number of carbonyl (C=O) groups is 1. The number of nitrogens with one attached hydrogen (secondary N) is 2. The van der Waals surface area contributed by atoms with Crippen LogP contribution in [0.3, 0.4) is 0 Å². The Labute approximate surface area is 209 Å². The minimum atomic E-state index is -0.268. The zero-order valence-corrected chi connectivity index (χ0v) is 20.2. The van der Waals surface area contributed by atoms with Crippen molar-refractivity contribution >= 4 is 17.6 Å². The topological polar surface area (TPSA) is 72.4 Å². The molecule has 1 unspecified atom stereocenters. The third-order valence-corrected chi connectivity index (χ3v) is 6.71. The Morgan fingerprint density at radius 1 is 1.17 bits per heavy atom. The van der Waals surface area contributed by atoms with E-state index in [-0.39, 0.29) is 14.9 Å². The minimum absolute atomic E-state index is 0. The number of rotatable bonds is 6. The van der Waals surface area contributed by atoms with Gasteiger partial charge in [-0.2, -0.15) is 0 Å². The van der Waals surface area contributed by atoms with Gasteiger partial charge in [-0.15, -0.1) is 0 Å². The summed E-state index contributed by atoms with van der Waals surface area (Å²) in [6.07, 6.45) is 7.57. The zero-order valence-electron chi connectivity index (χ0n) is 20.2. The average molecular weight is 477 g/mol. The average Bonchev–Trinajstić information content (AvgIpc) is 3.31. The first kappa shape index (κ1) is 23.0. The fourth-order valence-corrected chi connectivity index (χ4v) is 4.54. The van der Waals surface area contributed by atoms with Crippen LogP contribution in [0, 0.1) is 0 Å². The number of ether oxygens (including phenoxy) is 1. The fourth-order valence-electron chi connectivity index (χ4n) is 4.54. The van der Waals surface area contributed by atoms with Gasteiger partial charge in [-0.05, 0) is 75.0 Å². The summed E-state index contributed by atoms with van der Waals surface area (Å²) in [5, 5.41) is 5.21. The van der Waals surface area contributed by atoms with Crippen LogP contribution in [0.25, 0.3) is 0 Å². The van der Waals surface area contributed by atoms with Gasteiger partial charge in [0.05, 0.1) is 0 Å². The SMILES string of the molecule is CN1CCC(N(C)C(=O)c2ccc(NC3=NC4C(OCc5ccccc5)=CC=CN4N3)cc2)CC1.[HH].[HH]. The van der Waals surface area contributed by atoms with Gasteiger partial charge >= 0.3 is 0 Å². The molecule has 186 valence electrons. The molecule has 0 saturated carbocycles. The molecule has 3 aliphatic rings. The number of carbonyl (C=O) groups excluding carboxylic acids is 1. The van der Waals surface area contributed by atoms with Crippen molar-refractivity contribution in [3.8, 4) is 0 Å². The van der Waals surface area contributed by atoms with Gasteiger partial charge in [0.1, 0.15) is 12.4 Å². The molecule has 0 aliphatic carbocycles. The first-order chi connectivity index (χ1) is 17.1. The van der Waals surface area contributed by atoms with Crippen LogP contribution in [0.15, 0.2) is 83.7 Å². The molecule has 8 nitrogen and oxygen atoms in total. The van der Waals surface area contributed by atoms with E-state index in [1.165, 1.54) is 0 Å². The van der Waals surface area contributed by atoms with Gasteiger partial charge in [-0.25, -0.2) is 4.99 Å². The summed E-state index contributed by atoms with van der Waals surface area (Å²) in [7, 11) is 4.04. The van der Waals surface area contributed by atoms with Gasteiger partial charge in [-0.3, -0.25) is 15.2 Å². The quantitative estimate of drug-likeness (QED) is 0.659. The number of guanidine groups is 1. The second-order valence-electron chi connectivity index (χ2n) is 9.21. The molecule has 35 heavy (non-hydrogen) atoms. The highest BCUT2D eigenvalue weighted by Gasteiger charge is 2.30. The monoisotopic (exact) mass is 476 g/mol. The highest BCUT2D eigenvalue weighted by atomic mass is 16.5. The van der Waals surface area contributed by atoms with E-state index in [2.05, 4.69) is 22.7 Å². The Kier molecular flexibility index (Phi) is 6.72. The van der Waals surface area contributed by atoms with Crippen LogP contribution >= 0.6 is 0 Å². The first-order valence-electron chi connectivity index (χ1n) is 12.1. The van der Waals surface area contributed by atoms with Gasteiger partial charge in [0.2, 0.25) is 5.96 Å². The highest BCUT2D eigenvalue weighted by Crippen LogP contribution is 2.23. The smallest absolute Gasteiger partial charge is 0.253 e. The number of hydrazine groups is 1. The molecule has 2 N–H and O–H groups in total. The third-order valence-electron chi connectivity index (χ3n) is 6.71. The van der Waals surface area contributed by atoms with Crippen LogP contribution in [-0.4, -0.2) is 66.1 Å². The van der Waals surface area contributed by atoms with E-state index < -0.39 is 0 Å². The van der Waals surface area contributed by atoms with Crippen molar-refractivity contribution in [1.29, 1.82) is 0 Å². The standard InChI is InChI=1S/C27H32N6O2.2H2/c1-31-17-14-23(15-18-31)32(2)26(34)21-10-12-22(13-11-21)28-27-29-25-24(9-6-16-33(25)30-27)35-19-20-7-4-3-5-8-20;;/h3-13,16,23,25H,14-15,17-19H2,1-2H3,(H2,28,29,30);2*1H. The maximum absolute atomic E-state index is 13.0. The predicted octanol–water partition coefficient (Wildman–Crippen LogP) is 3.89. The number of allylic oxidation sites excluding steroid dienone is 2. The molecule has 2 aromatic rings. The van der Waals surface area contributed by atoms with E-state index in [0.29, 0.717) is 24.2 Å². The number of amides is 1. The second-order valence-corrected chi connectivity index (χ2v) is 9.21. The number of anilines is 1. The molecule has 1 saturated heterocycles. The lowest BCUT2D eigenvalue weighted by molar-refractivity contribution is 0.0659. The largest absolute Gasteiger partial charge is 0.489 e. The second kappa shape index (κ2) is 10.2. The van der Waals surface area contributed by atoms with Crippen molar-refractivity contribution in [3.05, 3.63) is 89.8 Å². The van der Waals surface area contributed by atoms with Crippen molar-refractivity contribution in [2.75, 3.05) is 32.5 Å². The van der Waals surface area contributed by atoms with Crippen molar-refractivity contribution in [2.24, 2.45) is 4.99 Å². The van der Waals surface area contributed by atoms with Crippen LogP contribution in [0.4, 0.5) is 5.69 Å². The van der Waals surface area contributed by atoms with Crippen molar-refractivity contribution in [2.45, 2.75) is 31.7 Å². The van der Waals surface area contributed by atoms with Gasteiger partial charge in [-0.1, -0.05) is 30.3 Å². The van der Waals surface area contributed by atoms with Gasteiger partial charge in [0, 0.05) is 33.4 Å². The molecule has 1 atom stereocenters. The van der Waals surface area contributed by atoms with Crippen LogP contribution in [0.5, 0.6) is 0 Å². The van der Waals surface area contributed by atoms with Crippen molar-refractivity contribution in [1.82, 2.24) is 20.2 Å². The molecule has 1 fully saturated rings. The number of benzene rings is 2. The van der Waals surface area contributed by atoms with Crippen LogP contribution in [0.2, 0.25) is 0 Å². The number of aliphatic imine (C=N–C) groups is 1. The normalized spacial score (nSPS) is 19.9. The number of hydrogen-bond acceptors (Lipinski definition) is 7. The molecule has 0 spiro atoms. The third kappa shape index (κ3) is 5.33. The van der Waals surface area contributed by atoms with Crippen LogP contribution < -0.4 is 10.7 Å². The number of likely N-dealkylation sites (tertiary alicyclic amines) is 1. The predicted molar refractivity (Wildman–Crippen MR) is 142 cm³/mol. The van der Waals surface area contributed by atoms with Gasteiger partial charge < -0.3 is 19.9 Å². The fraction of sp³-hybridized carbons (Fsp3) is 0.333. The molecule has 5 rings (SSSR count). The van der Waals surface area contributed by atoms with E-state index >= 15 is 0 Å². The summed E-state index contributed by atoms with van der Waals surface area (Å²) in [5.74, 6) is 1.46. The lowest BCUT2D eigenvalue weighted by atomic mass is 10.0. The first-order valence-corrected chi connectivity index (χ1v) is 12.1. The maximum atomic E-state index is 13.0. The number of piperidine rings is 1. The lowest BCUT2D eigenvalue weighted by Gasteiger charge is -2.35. The van der Waals surface area contributed by atoms with E-state index in [4.69, 9.17) is 9.73 Å². The number of fused-ring (bicyclic) bond motifs is 1. The Balaban J connectivity index is 0.00000190. The lowest BCUT2D eigenvalue weighted by Crippen LogP contribution is -2.44. The molecule has 1 amide bonds. The molecular weight excluding hydrogens is 440 g/mol. The Morgan fingerprint density at radius 2 is 1.91 bits per heavy atom. The summed E-state index contributed by atoms with van der Waals surface area (Å²) in [6.45, 7) is 2.55. The minimum Gasteiger partial charge on any atom is -0.489 e. The maximum Gasteiger partial charge on any atom is 0.253 e. The molecule has 0 bridgehead atoms. The number of nitrogens with zero attached hydrogens (tertiary/aromatic N) is 4. The summed E-state index contributed by atoms with van der Waals surface area (Å²) in [6, 6.07) is 17.9. The Hall–Kier alpha value is -3.78.